The van der Waals surface area contributed by atoms with Gasteiger partial charge in [-0.1, -0.05) is 20.3 Å². The van der Waals surface area contributed by atoms with E-state index in [1.54, 1.807) is 0 Å². The summed E-state index contributed by atoms with van der Waals surface area (Å²) in [5.74, 6) is -3.91. The lowest BCUT2D eigenvalue weighted by atomic mass is 9.99. The number of carbonyl (C=O) groups excluding carboxylic acids is 3. The molecule has 5 unspecified atom stereocenters. The minimum atomic E-state index is -1.60. The number of nitrogens with zero attached hydrogens (tertiary/aromatic N) is 1. The van der Waals surface area contributed by atoms with Crippen LogP contribution in [0.3, 0.4) is 0 Å². The average Bonchev–Trinajstić information content (AvgIpc) is 3.23. The number of thioether (sulfide) groups is 1. The number of amides is 3. The van der Waals surface area contributed by atoms with Crippen molar-refractivity contribution in [2.24, 2.45) is 11.7 Å². The molecule has 5 atom stereocenters. The molecule has 0 aliphatic carbocycles. The maximum absolute atomic E-state index is 13.2. The van der Waals surface area contributed by atoms with Crippen LogP contribution in [-0.4, -0.2) is 87.5 Å². The van der Waals surface area contributed by atoms with Gasteiger partial charge in [-0.05, 0) is 37.2 Å². The summed E-state index contributed by atoms with van der Waals surface area (Å²) < 4.78 is 0. The number of nitrogens with two attached hydrogens (primary N) is 1. The highest BCUT2D eigenvalue weighted by atomic mass is 32.2. The Balaban J connectivity index is 2.95. The molecule has 1 rings (SSSR count). The van der Waals surface area contributed by atoms with Crippen molar-refractivity contribution in [2.45, 2.75) is 70.1 Å². The Bertz CT molecular complexity index is 705. The van der Waals surface area contributed by atoms with Crippen LogP contribution in [0.25, 0.3) is 0 Å². The minimum Gasteiger partial charge on any atom is -0.481 e. The number of carboxylic acid groups (broad SMARTS) is 2. The fraction of sp³-hybridized carbons (Fsp3) is 0.750. The van der Waals surface area contributed by atoms with Gasteiger partial charge in [0.25, 0.3) is 0 Å². The van der Waals surface area contributed by atoms with Gasteiger partial charge >= 0.3 is 11.9 Å². The SMILES string of the molecule is CCC(C)C(N)C(=O)NC(CCSC)C(=O)N1CCCC1C(=O)NC(CC(=O)O)C(=O)O. The number of carboxylic acids is 2. The third-order valence-electron chi connectivity index (χ3n) is 5.62. The molecule has 32 heavy (non-hydrogen) atoms. The molecule has 0 spiro atoms. The Kier molecular flexibility index (Phi) is 11.5. The van der Waals surface area contributed by atoms with Gasteiger partial charge in [0.2, 0.25) is 17.7 Å². The van der Waals surface area contributed by atoms with E-state index in [0.717, 1.165) is 0 Å². The summed E-state index contributed by atoms with van der Waals surface area (Å²) in [5.41, 5.74) is 5.99. The second kappa shape index (κ2) is 13.3. The van der Waals surface area contributed by atoms with E-state index in [1.165, 1.54) is 16.7 Å². The van der Waals surface area contributed by atoms with E-state index in [0.29, 0.717) is 31.4 Å². The standard InChI is InChI=1S/C20H34N4O7S/c1-4-11(2)16(21)18(28)22-12(7-9-32-3)19(29)24-8-5-6-14(24)17(27)23-13(20(30)31)10-15(25)26/h11-14,16H,4-10,21H2,1-3H3,(H,22,28)(H,23,27)(H,25,26)(H,30,31). The number of nitrogens with one attached hydrogen (secondary N) is 2. The third-order valence-corrected chi connectivity index (χ3v) is 6.26. The molecule has 1 fully saturated rings. The zero-order chi connectivity index (χ0) is 24.4. The van der Waals surface area contributed by atoms with E-state index >= 15 is 0 Å². The lowest BCUT2D eigenvalue weighted by molar-refractivity contribution is -0.148. The molecule has 0 aromatic carbocycles. The topological polar surface area (TPSA) is 179 Å². The first-order chi connectivity index (χ1) is 15.0. The van der Waals surface area contributed by atoms with Crippen LogP contribution in [-0.2, 0) is 24.0 Å². The van der Waals surface area contributed by atoms with Gasteiger partial charge in [-0.3, -0.25) is 19.2 Å². The van der Waals surface area contributed by atoms with Gasteiger partial charge in [-0.25, -0.2) is 4.79 Å². The predicted molar refractivity (Wildman–Crippen MR) is 119 cm³/mol. The summed E-state index contributed by atoms with van der Waals surface area (Å²) in [7, 11) is 0. The van der Waals surface area contributed by atoms with E-state index in [2.05, 4.69) is 10.6 Å². The van der Waals surface area contributed by atoms with Crippen molar-refractivity contribution in [3.63, 3.8) is 0 Å². The maximum Gasteiger partial charge on any atom is 0.326 e. The molecule has 1 aliphatic rings. The van der Waals surface area contributed by atoms with Crippen LogP contribution in [0.15, 0.2) is 0 Å². The molecule has 0 bridgehead atoms. The van der Waals surface area contributed by atoms with Crippen molar-refractivity contribution in [1.29, 1.82) is 0 Å². The highest BCUT2D eigenvalue weighted by Gasteiger charge is 2.39. The lowest BCUT2D eigenvalue weighted by Crippen LogP contribution is -2.57. The third kappa shape index (κ3) is 7.97. The Morgan fingerprint density at radius 1 is 1.16 bits per heavy atom. The number of rotatable bonds is 13. The lowest BCUT2D eigenvalue weighted by Gasteiger charge is -2.30. The summed E-state index contributed by atoms with van der Waals surface area (Å²) in [6, 6.07) is -4.17. The number of carbonyl (C=O) groups is 5. The first-order valence-corrected chi connectivity index (χ1v) is 12.0. The van der Waals surface area contributed by atoms with Crippen LogP contribution in [0.2, 0.25) is 0 Å². The van der Waals surface area contributed by atoms with Crippen molar-refractivity contribution >= 4 is 41.4 Å². The molecule has 3 amide bonds. The number of likely N-dealkylation sites (tertiary alicyclic amines) is 1. The molecule has 6 N–H and O–H groups in total. The van der Waals surface area contributed by atoms with Gasteiger partial charge < -0.3 is 31.5 Å². The quantitative estimate of drug-likeness (QED) is 0.238. The van der Waals surface area contributed by atoms with Crippen LogP contribution >= 0.6 is 11.8 Å². The Labute approximate surface area is 191 Å². The summed E-state index contributed by atoms with van der Waals surface area (Å²) in [4.78, 5) is 61.9. The maximum atomic E-state index is 13.2. The minimum absolute atomic E-state index is 0.0706. The fourth-order valence-corrected chi connectivity index (χ4v) is 3.89. The van der Waals surface area contributed by atoms with Crippen LogP contribution in [0, 0.1) is 5.92 Å². The van der Waals surface area contributed by atoms with E-state index in [9.17, 15) is 29.1 Å². The molecule has 182 valence electrons. The molecule has 0 radical (unpaired) electrons. The van der Waals surface area contributed by atoms with Gasteiger partial charge in [-0.2, -0.15) is 11.8 Å². The largest absolute Gasteiger partial charge is 0.481 e. The molecule has 1 heterocycles. The molecule has 1 saturated heterocycles. The molecule has 0 aromatic heterocycles. The Hall–Kier alpha value is -2.34. The zero-order valence-corrected chi connectivity index (χ0v) is 19.5. The van der Waals surface area contributed by atoms with Gasteiger partial charge in [0.1, 0.15) is 18.1 Å². The second-order valence-electron chi connectivity index (χ2n) is 7.94. The summed E-state index contributed by atoms with van der Waals surface area (Å²) in [6.45, 7) is 4.03. The van der Waals surface area contributed by atoms with Crippen LogP contribution in [0.4, 0.5) is 0 Å². The van der Waals surface area contributed by atoms with Crippen molar-refractivity contribution in [1.82, 2.24) is 15.5 Å². The smallest absolute Gasteiger partial charge is 0.326 e. The van der Waals surface area contributed by atoms with E-state index in [4.69, 9.17) is 10.8 Å². The summed E-state index contributed by atoms with van der Waals surface area (Å²) >= 11 is 1.51. The highest BCUT2D eigenvalue weighted by Crippen LogP contribution is 2.20. The number of hydrogen-bond donors (Lipinski definition) is 5. The monoisotopic (exact) mass is 474 g/mol. The van der Waals surface area contributed by atoms with Crippen LogP contribution in [0.5, 0.6) is 0 Å². The van der Waals surface area contributed by atoms with E-state index in [-0.39, 0.29) is 12.5 Å². The molecule has 0 saturated carbocycles. The Morgan fingerprint density at radius 3 is 2.34 bits per heavy atom. The molecule has 12 heteroatoms. The van der Waals surface area contributed by atoms with E-state index < -0.39 is 60.2 Å². The molecule has 0 aromatic rings. The van der Waals surface area contributed by atoms with Crippen molar-refractivity contribution in [2.75, 3.05) is 18.6 Å². The number of hydrogen-bond acceptors (Lipinski definition) is 7. The van der Waals surface area contributed by atoms with Crippen molar-refractivity contribution in [3.05, 3.63) is 0 Å². The Morgan fingerprint density at radius 2 is 1.81 bits per heavy atom. The van der Waals surface area contributed by atoms with E-state index in [1.807, 2.05) is 20.1 Å². The van der Waals surface area contributed by atoms with Crippen molar-refractivity contribution in [3.8, 4) is 0 Å². The fourth-order valence-electron chi connectivity index (χ4n) is 3.42. The van der Waals surface area contributed by atoms with Gasteiger partial charge in [0.15, 0.2) is 0 Å². The first-order valence-electron chi connectivity index (χ1n) is 10.6. The molecule has 1 aliphatic heterocycles. The van der Waals surface area contributed by atoms with Gasteiger partial charge in [0.05, 0.1) is 12.5 Å². The van der Waals surface area contributed by atoms with Crippen molar-refractivity contribution < 1.29 is 34.2 Å². The average molecular weight is 475 g/mol. The highest BCUT2D eigenvalue weighted by molar-refractivity contribution is 7.98. The van der Waals surface area contributed by atoms with Gasteiger partial charge in [0, 0.05) is 6.54 Å². The molecular formula is C20H34N4O7S. The first kappa shape index (κ1) is 27.7. The predicted octanol–water partition coefficient (Wildman–Crippen LogP) is -0.367. The zero-order valence-electron chi connectivity index (χ0n) is 18.7. The second-order valence-corrected chi connectivity index (χ2v) is 8.93. The van der Waals surface area contributed by atoms with Crippen LogP contribution in [0.1, 0.15) is 46.0 Å². The molecular weight excluding hydrogens is 440 g/mol. The normalized spacial score (nSPS) is 19.5. The molecule has 11 nitrogen and oxygen atoms in total. The number of aliphatic carboxylic acids is 2. The summed E-state index contributed by atoms with van der Waals surface area (Å²) in [5, 5.41) is 23.0. The summed E-state index contributed by atoms with van der Waals surface area (Å²) in [6.07, 6.45) is 2.98. The van der Waals surface area contributed by atoms with Gasteiger partial charge in [-0.15, -0.1) is 0 Å². The van der Waals surface area contributed by atoms with Crippen LogP contribution < -0.4 is 16.4 Å².